The van der Waals surface area contributed by atoms with Gasteiger partial charge in [-0.05, 0) is 66.2 Å². The predicted molar refractivity (Wildman–Crippen MR) is 129 cm³/mol. The summed E-state index contributed by atoms with van der Waals surface area (Å²) in [4.78, 5) is 53.6. The molecule has 1 aliphatic rings. The minimum atomic E-state index is -0.606. The number of aromatic amines is 1. The topological polar surface area (TPSA) is 99.3 Å². The normalized spacial score (nSPS) is 14.6. The Morgan fingerprint density at radius 3 is 2.56 bits per heavy atom. The van der Waals surface area contributed by atoms with E-state index in [1.807, 2.05) is 31.2 Å². The van der Waals surface area contributed by atoms with Gasteiger partial charge in [0.05, 0.1) is 4.91 Å². The molecule has 9 heteroatoms. The largest absolute Gasteiger partial charge is 0.350 e. The summed E-state index contributed by atoms with van der Waals surface area (Å²) < 4.78 is 13.1. The summed E-state index contributed by atoms with van der Waals surface area (Å²) in [6, 6.07) is 16.2. The summed E-state index contributed by atoms with van der Waals surface area (Å²) in [6.07, 6.45) is 1.51. The highest BCUT2D eigenvalue weighted by Gasteiger charge is 2.34. The van der Waals surface area contributed by atoms with Gasteiger partial charge in [0.15, 0.2) is 0 Å². The molecule has 0 unspecified atom stereocenters. The smallest absolute Gasteiger partial charge is 0.293 e. The third-order valence-electron chi connectivity index (χ3n) is 5.15. The van der Waals surface area contributed by atoms with E-state index >= 15 is 0 Å². The summed E-state index contributed by atoms with van der Waals surface area (Å²) in [7, 11) is 0. The van der Waals surface area contributed by atoms with Crippen molar-refractivity contribution < 1.29 is 18.8 Å². The molecule has 3 aromatic rings. The Kier molecular flexibility index (Phi) is 6.74. The molecule has 3 amide bonds. The van der Waals surface area contributed by atoms with Gasteiger partial charge in [-0.2, -0.15) is 0 Å². The van der Waals surface area contributed by atoms with Crippen molar-refractivity contribution in [2.45, 2.75) is 6.92 Å². The van der Waals surface area contributed by atoms with Crippen molar-refractivity contribution in [3.05, 3.63) is 98.4 Å². The van der Waals surface area contributed by atoms with Gasteiger partial charge in [0, 0.05) is 18.8 Å². The molecule has 172 valence electrons. The van der Waals surface area contributed by atoms with Crippen molar-refractivity contribution in [2.24, 2.45) is 0 Å². The highest BCUT2D eigenvalue weighted by Crippen LogP contribution is 2.31. The Morgan fingerprint density at radius 2 is 1.85 bits per heavy atom. The van der Waals surface area contributed by atoms with Crippen LogP contribution in [0.1, 0.15) is 21.5 Å². The van der Waals surface area contributed by atoms with Crippen molar-refractivity contribution in [3.8, 4) is 11.3 Å². The summed E-state index contributed by atoms with van der Waals surface area (Å²) in [5.74, 6) is -1.50. The summed E-state index contributed by atoms with van der Waals surface area (Å²) in [5, 5.41) is 2.11. The van der Waals surface area contributed by atoms with Gasteiger partial charge in [0.25, 0.3) is 22.6 Å². The van der Waals surface area contributed by atoms with E-state index in [9.17, 15) is 23.6 Å². The number of thioether (sulfide) groups is 1. The number of hydrogen-bond donors (Lipinski definition) is 2. The molecule has 0 bridgehead atoms. The number of benzene rings is 2. The molecule has 1 aromatic heterocycles. The Morgan fingerprint density at radius 1 is 1.09 bits per heavy atom. The molecule has 7 nitrogen and oxygen atoms in total. The first-order valence-electron chi connectivity index (χ1n) is 10.4. The second-order valence-corrected chi connectivity index (χ2v) is 8.62. The molecular weight excluding hydrogens is 457 g/mol. The van der Waals surface area contributed by atoms with Gasteiger partial charge in [0.2, 0.25) is 0 Å². The number of nitrogens with zero attached hydrogens (tertiary/aromatic N) is 1. The highest BCUT2D eigenvalue weighted by atomic mass is 32.2. The van der Waals surface area contributed by atoms with Gasteiger partial charge < -0.3 is 10.3 Å². The summed E-state index contributed by atoms with van der Waals surface area (Å²) in [5.41, 5.74) is 2.45. The van der Waals surface area contributed by atoms with Crippen molar-refractivity contribution in [2.75, 3.05) is 13.1 Å². The SMILES string of the molecule is Cc1cccc(-c2ccc(C(=O)NCCN3C(=O)S/C(=C/c4ccc(F)cc4)C3=O)c(=O)[nH]2)c1. The number of pyridine rings is 1. The van der Waals surface area contributed by atoms with Gasteiger partial charge >= 0.3 is 0 Å². The van der Waals surface area contributed by atoms with E-state index in [0.29, 0.717) is 11.3 Å². The van der Waals surface area contributed by atoms with Crippen molar-refractivity contribution in [1.29, 1.82) is 0 Å². The van der Waals surface area contributed by atoms with Crippen LogP contribution in [0.25, 0.3) is 17.3 Å². The standard InChI is InChI=1S/C25H20FN3O4S/c1-15-3-2-4-17(13-15)20-10-9-19(23(31)28-20)22(30)27-11-12-29-24(32)21(34-25(29)33)14-16-5-7-18(26)8-6-16/h2-10,13-14H,11-12H2,1H3,(H,27,30)(H,28,31)/b21-14+. The van der Waals surface area contributed by atoms with Crippen molar-refractivity contribution in [1.82, 2.24) is 15.2 Å². The van der Waals surface area contributed by atoms with E-state index in [-0.39, 0.29) is 23.6 Å². The fourth-order valence-electron chi connectivity index (χ4n) is 3.41. The van der Waals surface area contributed by atoms with E-state index in [0.717, 1.165) is 27.8 Å². The molecule has 0 radical (unpaired) electrons. The predicted octanol–water partition coefficient (Wildman–Crippen LogP) is 3.96. The molecule has 0 spiro atoms. The van der Waals surface area contributed by atoms with Gasteiger partial charge in [-0.1, -0.05) is 35.9 Å². The fraction of sp³-hybridized carbons (Fsp3) is 0.120. The molecule has 4 rings (SSSR count). The maximum atomic E-state index is 13.1. The zero-order valence-electron chi connectivity index (χ0n) is 18.1. The number of carbonyl (C=O) groups excluding carboxylic acids is 3. The first kappa shape index (κ1) is 23.2. The van der Waals surface area contributed by atoms with Crippen LogP contribution in [-0.2, 0) is 4.79 Å². The number of amides is 3. The van der Waals surface area contributed by atoms with Gasteiger partial charge in [-0.3, -0.25) is 24.1 Å². The molecule has 1 fully saturated rings. The van der Waals surface area contributed by atoms with Crippen LogP contribution in [0, 0.1) is 12.7 Å². The summed E-state index contributed by atoms with van der Waals surface area (Å²) in [6.45, 7) is 1.88. The van der Waals surface area contributed by atoms with Crippen LogP contribution in [0.2, 0.25) is 0 Å². The summed E-state index contributed by atoms with van der Waals surface area (Å²) >= 11 is 0.776. The molecule has 0 aliphatic carbocycles. The Labute approximate surface area is 198 Å². The number of aromatic nitrogens is 1. The number of carbonyl (C=O) groups is 3. The Hall–Kier alpha value is -3.98. The number of imide groups is 1. The third-order valence-corrected chi connectivity index (χ3v) is 6.05. The molecule has 2 N–H and O–H groups in total. The number of rotatable bonds is 6. The van der Waals surface area contributed by atoms with E-state index in [1.54, 1.807) is 6.07 Å². The van der Waals surface area contributed by atoms with E-state index in [2.05, 4.69) is 10.3 Å². The minimum absolute atomic E-state index is 0.0141. The van der Waals surface area contributed by atoms with Gasteiger partial charge in [0.1, 0.15) is 11.4 Å². The first-order chi connectivity index (χ1) is 16.3. The monoisotopic (exact) mass is 477 g/mol. The van der Waals surface area contributed by atoms with Crippen LogP contribution in [0.5, 0.6) is 0 Å². The molecule has 0 atom stereocenters. The van der Waals surface area contributed by atoms with Crippen molar-refractivity contribution >= 4 is 34.9 Å². The minimum Gasteiger partial charge on any atom is -0.350 e. The van der Waals surface area contributed by atoms with Crippen LogP contribution in [-0.4, -0.2) is 40.0 Å². The average Bonchev–Trinajstić information content (AvgIpc) is 3.07. The van der Waals surface area contributed by atoms with Gasteiger partial charge in [-0.25, -0.2) is 4.39 Å². The highest BCUT2D eigenvalue weighted by molar-refractivity contribution is 8.18. The molecule has 2 heterocycles. The van der Waals surface area contributed by atoms with E-state index in [1.165, 1.54) is 36.4 Å². The molecule has 34 heavy (non-hydrogen) atoms. The maximum Gasteiger partial charge on any atom is 0.293 e. The number of H-pyrrole nitrogens is 1. The zero-order valence-corrected chi connectivity index (χ0v) is 18.9. The lowest BCUT2D eigenvalue weighted by atomic mass is 10.1. The second-order valence-electron chi connectivity index (χ2n) is 7.63. The lowest BCUT2D eigenvalue weighted by Gasteiger charge is -2.13. The van der Waals surface area contributed by atoms with Crippen LogP contribution < -0.4 is 10.9 Å². The maximum absolute atomic E-state index is 13.1. The molecule has 1 saturated heterocycles. The number of halogens is 1. The van der Waals surface area contributed by atoms with Crippen LogP contribution in [0.4, 0.5) is 9.18 Å². The number of hydrogen-bond acceptors (Lipinski definition) is 5. The number of aryl methyl sites for hydroxylation is 1. The Balaban J connectivity index is 1.37. The van der Waals surface area contributed by atoms with E-state index < -0.39 is 28.4 Å². The van der Waals surface area contributed by atoms with E-state index in [4.69, 9.17) is 0 Å². The van der Waals surface area contributed by atoms with Gasteiger partial charge in [-0.15, -0.1) is 0 Å². The fourth-order valence-corrected chi connectivity index (χ4v) is 4.28. The van der Waals surface area contributed by atoms with Crippen molar-refractivity contribution in [3.63, 3.8) is 0 Å². The van der Waals surface area contributed by atoms with Crippen LogP contribution >= 0.6 is 11.8 Å². The average molecular weight is 478 g/mol. The first-order valence-corrected chi connectivity index (χ1v) is 11.2. The second kappa shape index (κ2) is 9.88. The molecule has 2 aromatic carbocycles. The lowest BCUT2D eigenvalue weighted by Crippen LogP contribution is -2.38. The zero-order chi connectivity index (χ0) is 24.2. The molecule has 0 saturated carbocycles. The lowest BCUT2D eigenvalue weighted by molar-refractivity contribution is -0.122. The number of nitrogens with one attached hydrogen (secondary N) is 2. The van der Waals surface area contributed by atoms with Crippen LogP contribution in [0.3, 0.4) is 0 Å². The molecular formula is C25H20FN3O4S. The third kappa shape index (κ3) is 5.15. The quantitative estimate of drug-likeness (QED) is 0.524. The van der Waals surface area contributed by atoms with Crippen LogP contribution in [0.15, 0.2) is 70.4 Å². The molecule has 1 aliphatic heterocycles. The Bertz CT molecular complexity index is 1370.